The van der Waals surface area contributed by atoms with Gasteiger partial charge in [0.25, 0.3) is 0 Å². The van der Waals surface area contributed by atoms with Crippen LogP contribution in [-0.2, 0) is 0 Å². The van der Waals surface area contributed by atoms with Crippen molar-refractivity contribution in [1.29, 1.82) is 0 Å². The topological polar surface area (TPSA) is 0 Å². The summed E-state index contributed by atoms with van der Waals surface area (Å²) in [5, 5.41) is 0. The second-order valence-corrected chi connectivity index (χ2v) is 5.05. The Labute approximate surface area is 76.7 Å². The van der Waals surface area contributed by atoms with Crippen molar-refractivity contribution in [3.05, 3.63) is 0 Å². The molecule has 0 radical (unpaired) electrons. The molecule has 2 aliphatic rings. The van der Waals surface area contributed by atoms with Gasteiger partial charge in [0, 0.05) is 0 Å². The smallest absolute Gasteiger partial charge is 0.0388 e. The van der Waals surface area contributed by atoms with E-state index in [0.29, 0.717) is 0 Å². The van der Waals surface area contributed by atoms with Crippen molar-refractivity contribution < 1.29 is 0 Å². The average Bonchev–Trinajstić information content (AvgIpc) is 2.88. The van der Waals surface area contributed by atoms with Gasteiger partial charge in [-0.25, -0.2) is 0 Å². The second kappa shape index (κ2) is 3.81. The van der Waals surface area contributed by atoms with Crippen LogP contribution in [0.2, 0.25) is 0 Å². The predicted molar refractivity (Wildman–Crippen MR) is 53.1 cm³/mol. The van der Waals surface area contributed by atoms with E-state index in [-0.39, 0.29) is 0 Å². The summed E-state index contributed by atoms with van der Waals surface area (Å²) in [5.41, 5.74) is 0. The molecule has 0 aromatic rings. The largest absolute Gasteiger partial charge is 0.0622 e. The SMILES string of the molecule is CC(CC1CCCCC1)C1CC1. The fourth-order valence-corrected chi connectivity index (χ4v) is 2.81. The lowest BCUT2D eigenvalue weighted by Gasteiger charge is -2.24. The molecule has 0 heterocycles. The highest BCUT2D eigenvalue weighted by Crippen LogP contribution is 2.41. The van der Waals surface area contributed by atoms with Gasteiger partial charge in [-0.15, -0.1) is 0 Å². The molecule has 1 atom stereocenters. The molecule has 0 bridgehead atoms. The highest BCUT2D eigenvalue weighted by atomic mass is 14.3. The first-order valence-corrected chi connectivity index (χ1v) is 5.86. The molecular formula is C12H22. The number of hydrogen-bond donors (Lipinski definition) is 0. The molecule has 0 heteroatoms. The number of rotatable bonds is 3. The van der Waals surface area contributed by atoms with Gasteiger partial charge in [0.15, 0.2) is 0 Å². The Bertz CT molecular complexity index is 129. The summed E-state index contributed by atoms with van der Waals surface area (Å²) in [6, 6.07) is 0. The van der Waals surface area contributed by atoms with Crippen molar-refractivity contribution in [3.8, 4) is 0 Å². The molecule has 12 heavy (non-hydrogen) atoms. The third kappa shape index (κ3) is 2.24. The molecule has 2 saturated carbocycles. The fourth-order valence-electron chi connectivity index (χ4n) is 2.81. The van der Waals surface area contributed by atoms with Gasteiger partial charge in [-0.05, 0) is 37.0 Å². The normalized spacial score (nSPS) is 28.8. The van der Waals surface area contributed by atoms with E-state index in [9.17, 15) is 0 Å². The highest BCUT2D eigenvalue weighted by molar-refractivity contribution is 4.81. The van der Waals surface area contributed by atoms with E-state index in [2.05, 4.69) is 6.92 Å². The first kappa shape index (κ1) is 8.59. The van der Waals surface area contributed by atoms with Gasteiger partial charge in [-0.3, -0.25) is 0 Å². The van der Waals surface area contributed by atoms with Gasteiger partial charge in [0.05, 0.1) is 0 Å². The Morgan fingerprint density at radius 1 is 1.00 bits per heavy atom. The minimum Gasteiger partial charge on any atom is -0.0622 e. The highest BCUT2D eigenvalue weighted by Gasteiger charge is 2.29. The molecule has 0 aromatic heterocycles. The third-order valence-corrected chi connectivity index (χ3v) is 3.86. The monoisotopic (exact) mass is 166 g/mol. The van der Waals surface area contributed by atoms with Crippen molar-refractivity contribution in [2.24, 2.45) is 17.8 Å². The van der Waals surface area contributed by atoms with E-state index < -0.39 is 0 Å². The maximum absolute atomic E-state index is 2.48. The van der Waals surface area contributed by atoms with E-state index in [1.807, 2.05) is 0 Å². The fraction of sp³-hybridized carbons (Fsp3) is 1.00. The minimum atomic E-state index is 1.05. The summed E-state index contributed by atoms with van der Waals surface area (Å²) >= 11 is 0. The maximum atomic E-state index is 2.48. The van der Waals surface area contributed by atoms with E-state index >= 15 is 0 Å². The molecule has 70 valence electrons. The second-order valence-electron chi connectivity index (χ2n) is 5.05. The molecular weight excluding hydrogens is 144 g/mol. The van der Waals surface area contributed by atoms with Crippen LogP contribution in [0.15, 0.2) is 0 Å². The lowest BCUT2D eigenvalue weighted by molar-refractivity contribution is 0.282. The van der Waals surface area contributed by atoms with Crippen LogP contribution >= 0.6 is 0 Å². The molecule has 0 spiro atoms. The molecule has 2 rings (SSSR count). The Hall–Kier alpha value is 0. The molecule has 2 fully saturated rings. The van der Waals surface area contributed by atoms with E-state index in [0.717, 1.165) is 17.8 Å². The lowest BCUT2D eigenvalue weighted by atomic mass is 9.82. The van der Waals surface area contributed by atoms with Crippen LogP contribution in [0.3, 0.4) is 0 Å². The van der Waals surface area contributed by atoms with E-state index in [4.69, 9.17) is 0 Å². The summed E-state index contributed by atoms with van der Waals surface area (Å²) < 4.78 is 0. The van der Waals surface area contributed by atoms with Gasteiger partial charge >= 0.3 is 0 Å². The van der Waals surface area contributed by atoms with Gasteiger partial charge in [-0.1, -0.05) is 39.0 Å². The summed E-state index contributed by atoms with van der Waals surface area (Å²) in [5.74, 6) is 3.29. The Morgan fingerprint density at radius 3 is 2.25 bits per heavy atom. The standard InChI is InChI=1S/C12H22/c1-10(12-7-8-12)9-11-5-3-2-4-6-11/h10-12H,2-9H2,1H3. The van der Waals surface area contributed by atoms with Crippen LogP contribution in [0, 0.1) is 17.8 Å². The molecule has 1 unspecified atom stereocenters. The van der Waals surface area contributed by atoms with Crippen LogP contribution in [0.5, 0.6) is 0 Å². The minimum absolute atomic E-state index is 1.05. The van der Waals surface area contributed by atoms with Gasteiger partial charge in [0.1, 0.15) is 0 Å². The zero-order chi connectivity index (χ0) is 8.39. The quantitative estimate of drug-likeness (QED) is 0.594. The number of hydrogen-bond acceptors (Lipinski definition) is 0. The Kier molecular flexibility index (Phi) is 2.73. The zero-order valence-corrected chi connectivity index (χ0v) is 8.39. The van der Waals surface area contributed by atoms with Crippen LogP contribution in [-0.4, -0.2) is 0 Å². The third-order valence-electron chi connectivity index (χ3n) is 3.86. The predicted octanol–water partition coefficient (Wildman–Crippen LogP) is 4.00. The summed E-state index contributed by atoms with van der Waals surface area (Å²) in [6.07, 6.45) is 12.2. The van der Waals surface area contributed by atoms with Crippen molar-refractivity contribution in [3.63, 3.8) is 0 Å². The Morgan fingerprint density at radius 2 is 1.67 bits per heavy atom. The summed E-state index contributed by atoms with van der Waals surface area (Å²) in [7, 11) is 0. The molecule has 0 amide bonds. The molecule has 0 aliphatic heterocycles. The first-order chi connectivity index (χ1) is 5.86. The lowest BCUT2D eigenvalue weighted by Crippen LogP contribution is -2.11. The first-order valence-electron chi connectivity index (χ1n) is 5.86. The van der Waals surface area contributed by atoms with E-state index in [1.54, 1.807) is 6.42 Å². The van der Waals surface area contributed by atoms with Crippen molar-refractivity contribution in [2.75, 3.05) is 0 Å². The van der Waals surface area contributed by atoms with E-state index in [1.165, 1.54) is 44.9 Å². The van der Waals surface area contributed by atoms with Gasteiger partial charge in [0.2, 0.25) is 0 Å². The summed E-state index contributed by atoms with van der Waals surface area (Å²) in [4.78, 5) is 0. The van der Waals surface area contributed by atoms with Crippen LogP contribution in [0.1, 0.15) is 58.3 Å². The van der Waals surface area contributed by atoms with Crippen molar-refractivity contribution in [1.82, 2.24) is 0 Å². The molecule has 0 nitrogen and oxygen atoms in total. The zero-order valence-electron chi connectivity index (χ0n) is 8.39. The molecule has 2 aliphatic carbocycles. The van der Waals surface area contributed by atoms with Crippen LogP contribution in [0.25, 0.3) is 0 Å². The van der Waals surface area contributed by atoms with Gasteiger partial charge in [-0.2, -0.15) is 0 Å². The molecule has 0 saturated heterocycles. The maximum Gasteiger partial charge on any atom is -0.0388 e. The summed E-state index contributed by atoms with van der Waals surface area (Å²) in [6.45, 7) is 2.48. The molecule has 0 aromatic carbocycles. The Balaban J connectivity index is 1.69. The van der Waals surface area contributed by atoms with Crippen molar-refractivity contribution >= 4 is 0 Å². The average molecular weight is 166 g/mol. The van der Waals surface area contributed by atoms with Gasteiger partial charge < -0.3 is 0 Å². The molecule has 0 N–H and O–H groups in total. The van der Waals surface area contributed by atoms with Crippen molar-refractivity contribution in [2.45, 2.75) is 58.3 Å². The van der Waals surface area contributed by atoms with Crippen LogP contribution < -0.4 is 0 Å². The van der Waals surface area contributed by atoms with Crippen LogP contribution in [0.4, 0.5) is 0 Å².